The summed E-state index contributed by atoms with van der Waals surface area (Å²) in [4.78, 5) is 15.6. The molecule has 2 aliphatic heterocycles. The number of hydrogen-bond donors (Lipinski definition) is 0. The molecule has 0 atom stereocenters. The maximum absolute atomic E-state index is 13.0. The van der Waals surface area contributed by atoms with Crippen molar-refractivity contribution in [2.75, 3.05) is 26.2 Å². The number of hydrogen-bond acceptors (Lipinski definition) is 2. The molecule has 1 spiro atoms. The quantitative estimate of drug-likeness (QED) is 0.762. The van der Waals surface area contributed by atoms with E-state index in [9.17, 15) is 9.18 Å². The maximum atomic E-state index is 13.0. The summed E-state index contributed by atoms with van der Waals surface area (Å²) in [6.45, 7) is 15.6. The molecule has 25 heavy (non-hydrogen) atoms. The van der Waals surface area contributed by atoms with Gasteiger partial charge in [-0.3, -0.25) is 9.69 Å². The minimum atomic E-state index is -0.854. The van der Waals surface area contributed by atoms with Crippen LogP contribution in [0.5, 0.6) is 0 Å². The van der Waals surface area contributed by atoms with Crippen molar-refractivity contribution in [3.8, 4) is 0 Å². The van der Waals surface area contributed by atoms with Crippen LogP contribution in [0.2, 0.25) is 0 Å². The Labute approximate surface area is 149 Å². The summed E-state index contributed by atoms with van der Waals surface area (Å²) in [6, 6.07) is 4.52. The third kappa shape index (κ3) is 3.40. The lowest BCUT2D eigenvalue weighted by Crippen LogP contribution is -2.59. The number of rotatable bonds is 5. The number of carbonyl (C=O) groups is 1. The third-order valence-corrected chi connectivity index (χ3v) is 5.64. The Morgan fingerprint density at radius 3 is 2.68 bits per heavy atom. The minimum absolute atomic E-state index is 0.144. The fourth-order valence-corrected chi connectivity index (χ4v) is 4.44. The summed E-state index contributed by atoms with van der Waals surface area (Å²) >= 11 is 0. The Balaban J connectivity index is 1.63. The molecular weight excluding hydrogens is 315 g/mol. The number of nitrogens with zero attached hydrogens (tertiary/aromatic N) is 2. The molecule has 2 heterocycles. The zero-order valence-electron chi connectivity index (χ0n) is 15.3. The zero-order chi connectivity index (χ0) is 18.2. The van der Waals surface area contributed by atoms with Gasteiger partial charge in [0.15, 0.2) is 5.83 Å². The Bertz CT molecular complexity index is 719. The average molecular weight is 342 g/mol. The van der Waals surface area contributed by atoms with Gasteiger partial charge in [0.25, 0.3) is 5.91 Å². The second kappa shape index (κ2) is 6.75. The van der Waals surface area contributed by atoms with Crippen LogP contribution in [0.3, 0.4) is 0 Å². The van der Waals surface area contributed by atoms with E-state index < -0.39 is 11.7 Å². The molecule has 1 amide bonds. The van der Waals surface area contributed by atoms with Crippen molar-refractivity contribution in [1.29, 1.82) is 0 Å². The number of amides is 1. The smallest absolute Gasteiger partial charge is 0.282 e. The predicted octanol–water partition coefficient (Wildman–Crippen LogP) is 3.72. The molecule has 1 aromatic carbocycles. The monoisotopic (exact) mass is 342 g/mol. The van der Waals surface area contributed by atoms with Crippen LogP contribution in [0.25, 0.3) is 6.08 Å². The first-order valence-electron chi connectivity index (χ1n) is 8.98. The molecule has 2 saturated heterocycles. The highest BCUT2D eigenvalue weighted by Crippen LogP contribution is 2.40. The Hall–Kier alpha value is -1.94. The van der Waals surface area contributed by atoms with Crippen molar-refractivity contribution < 1.29 is 9.18 Å². The van der Waals surface area contributed by atoms with Crippen LogP contribution in [0.1, 0.15) is 35.6 Å². The second-order valence-corrected chi connectivity index (χ2v) is 7.56. The number of likely N-dealkylation sites (tertiary alicyclic amines) is 2. The number of halogens is 1. The van der Waals surface area contributed by atoms with Gasteiger partial charge in [-0.05, 0) is 48.6 Å². The fourth-order valence-electron chi connectivity index (χ4n) is 4.44. The van der Waals surface area contributed by atoms with E-state index in [2.05, 4.69) is 44.0 Å². The Kier molecular flexibility index (Phi) is 4.83. The van der Waals surface area contributed by atoms with Crippen LogP contribution in [0.4, 0.5) is 4.39 Å². The van der Waals surface area contributed by atoms with E-state index in [1.807, 2.05) is 6.08 Å². The van der Waals surface area contributed by atoms with Gasteiger partial charge < -0.3 is 4.90 Å². The topological polar surface area (TPSA) is 23.6 Å². The van der Waals surface area contributed by atoms with Gasteiger partial charge in [-0.25, -0.2) is 4.39 Å². The number of aryl methyl sites for hydroxylation is 1. The van der Waals surface area contributed by atoms with Crippen LogP contribution in [-0.2, 0) is 17.8 Å². The molecule has 0 saturated carbocycles. The molecule has 0 bridgehead atoms. The summed E-state index contributed by atoms with van der Waals surface area (Å²) < 4.78 is 13.0. The van der Waals surface area contributed by atoms with Crippen molar-refractivity contribution in [3.05, 3.63) is 53.4 Å². The molecule has 0 aliphatic carbocycles. The van der Waals surface area contributed by atoms with E-state index >= 15 is 0 Å². The van der Waals surface area contributed by atoms with Crippen molar-refractivity contribution >= 4 is 12.0 Å². The van der Waals surface area contributed by atoms with Crippen molar-refractivity contribution in [1.82, 2.24) is 9.80 Å². The molecule has 3 rings (SSSR count). The van der Waals surface area contributed by atoms with E-state index in [0.717, 1.165) is 32.5 Å². The molecule has 134 valence electrons. The summed E-state index contributed by atoms with van der Waals surface area (Å²) in [7, 11) is 0. The maximum Gasteiger partial charge on any atom is 0.282 e. The van der Waals surface area contributed by atoms with Crippen LogP contribution in [-0.4, -0.2) is 41.9 Å². The summed E-state index contributed by atoms with van der Waals surface area (Å²) in [5.41, 5.74) is 5.38. The molecular formula is C21H27FN2O. The first-order valence-corrected chi connectivity index (χ1v) is 8.98. The normalized spacial score (nSPS) is 19.1. The first-order chi connectivity index (χ1) is 11.9. The molecule has 4 heteroatoms. The lowest BCUT2D eigenvalue weighted by atomic mass is 9.79. The predicted molar refractivity (Wildman–Crippen MR) is 99.8 cm³/mol. The van der Waals surface area contributed by atoms with Crippen LogP contribution < -0.4 is 0 Å². The van der Waals surface area contributed by atoms with Gasteiger partial charge in [0.2, 0.25) is 0 Å². The molecule has 3 nitrogen and oxygen atoms in total. The molecule has 2 aliphatic rings. The van der Waals surface area contributed by atoms with E-state index in [1.54, 1.807) is 4.90 Å². The van der Waals surface area contributed by atoms with E-state index in [-0.39, 0.29) is 5.41 Å². The largest absolute Gasteiger partial charge is 0.335 e. The zero-order valence-corrected chi connectivity index (χ0v) is 15.3. The van der Waals surface area contributed by atoms with Gasteiger partial charge in [-0.15, -0.1) is 0 Å². The van der Waals surface area contributed by atoms with Crippen LogP contribution in [0.15, 0.2) is 31.1 Å². The lowest BCUT2D eigenvalue weighted by Gasteiger charge is -2.47. The van der Waals surface area contributed by atoms with Crippen molar-refractivity contribution in [3.63, 3.8) is 0 Å². The fraction of sp³-hybridized carbons (Fsp3) is 0.476. The lowest BCUT2D eigenvalue weighted by molar-refractivity contribution is -0.139. The highest BCUT2D eigenvalue weighted by molar-refractivity contribution is 5.91. The number of carbonyl (C=O) groups excluding carboxylic acids is 1. The molecule has 0 unspecified atom stereocenters. The van der Waals surface area contributed by atoms with Gasteiger partial charge in [0, 0.05) is 31.6 Å². The van der Waals surface area contributed by atoms with Crippen LogP contribution in [0, 0.1) is 12.3 Å². The van der Waals surface area contributed by atoms with Gasteiger partial charge in [-0.2, -0.15) is 0 Å². The highest BCUT2D eigenvalue weighted by atomic mass is 19.1. The molecule has 1 aromatic rings. The second-order valence-electron chi connectivity index (χ2n) is 7.56. The SMILES string of the molecule is C=Cc1cc(CN2CCC3(C2)CN(C(=O)C(=C)F)C3)cc(C)c1CC. The molecule has 0 N–H and O–H groups in total. The average Bonchev–Trinajstić information content (AvgIpc) is 2.96. The molecule has 0 aromatic heterocycles. The first kappa shape index (κ1) is 17.9. The Morgan fingerprint density at radius 1 is 1.36 bits per heavy atom. The van der Waals surface area contributed by atoms with E-state index in [0.29, 0.717) is 13.1 Å². The third-order valence-electron chi connectivity index (χ3n) is 5.64. The van der Waals surface area contributed by atoms with Gasteiger partial charge >= 0.3 is 0 Å². The summed E-state index contributed by atoms with van der Waals surface area (Å²) in [6.07, 6.45) is 4.03. The van der Waals surface area contributed by atoms with E-state index in [4.69, 9.17) is 0 Å². The van der Waals surface area contributed by atoms with Gasteiger partial charge in [0.05, 0.1) is 0 Å². The van der Waals surface area contributed by atoms with Crippen LogP contribution >= 0.6 is 0 Å². The minimum Gasteiger partial charge on any atom is -0.335 e. The summed E-state index contributed by atoms with van der Waals surface area (Å²) in [5.74, 6) is -1.40. The highest BCUT2D eigenvalue weighted by Gasteiger charge is 2.49. The van der Waals surface area contributed by atoms with Gasteiger partial charge in [0.1, 0.15) is 0 Å². The Morgan fingerprint density at radius 2 is 2.08 bits per heavy atom. The molecule has 0 radical (unpaired) electrons. The summed E-state index contributed by atoms with van der Waals surface area (Å²) in [5, 5.41) is 0. The standard InChI is InChI=1S/C21H27FN2O/c1-5-18-10-17(9-15(3)19(18)6-2)11-23-8-7-21(12-23)13-24(14-21)20(25)16(4)22/h5,9-10H,1,4,6-8,11-14H2,2-3H3. The van der Waals surface area contributed by atoms with Crippen molar-refractivity contribution in [2.24, 2.45) is 5.41 Å². The van der Waals surface area contributed by atoms with Crippen molar-refractivity contribution in [2.45, 2.75) is 33.2 Å². The number of benzene rings is 1. The van der Waals surface area contributed by atoms with Gasteiger partial charge in [-0.1, -0.05) is 38.3 Å². The van der Waals surface area contributed by atoms with E-state index in [1.165, 1.54) is 22.3 Å². The molecule has 2 fully saturated rings.